The highest BCUT2D eigenvalue weighted by Crippen LogP contribution is 2.32. The molecule has 1 heterocycles. The van der Waals surface area contributed by atoms with Gasteiger partial charge in [0.25, 0.3) is 0 Å². The van der Waals surface area contributed by atoms with Crippen molar-refractivity contribution in [1.82, 2.24) is 15.3 Å². The molecule has 2 rings (SSSR count). The van der Waals surface area contributed by atoms with E-state index in [0.29, 0.717) is 5.88 Å². The van der Waals surface area contributed by atoms with Crippen LogP contribution in [0.2, 0.25) is 0 Å². The molecule has 0 saturated heterocycles. The summed E-state index contributed by atoms with van der Waals surface area (Å²) >= 11 is 2.07. The van der Waals surface area contributed by atoms with Gasteiger partial charge in [0.2, 0.25) is 5.88 Å². The minimum absolute atomic E-state index is 0.218. The fourth-order valence-electron chi connectivity index (χ4n) is 2.68. The molecule has 1 aromatic heterocycles. The summed E-state index contributed by atoms with van der Waals surface area (Å²) in [5.74, 6) is 1.68. The molecular weight excluding hydrogens is 270 g/mol. The first-order chi connectivity index (χ1) is 9.85. The summed E-state index contributed by atoms with van der Waals surface area (Å²) in [6.45, 7) is 3.05. The van der Waals surface area contributed by atoms with Crippen LogP contribution in [0.4, 0.5) is 0 Å². The Morgan fingerprint density at radius 1 is 1.30 bits per heavy atom. The van der Waals surface area contributed by atoms with Crippen molar-refractivity contribution in [2.45, 2.75) is 50.3 Å². The van der Waals surface area contributed by atoms with Gasteiger partial charge in [0.15, 0.2) is 0 Å². The molecule has 5 heteroatoms. The maximum atomic E-state index is 5.34. The summed E-state index contributed by atoms with van der Waals surface area (Å²) < 4.78 is 5.34. The van der Waals surface area contributed by atoms with Crippen LogP contribution in [0.1, 0.15) is 50.8 Å². The third kappa shape index (κ3) is 4.35. The van der Waals surface area contributed by atoms with E-state index in [1.54, 1.807) is 19.5 Å². The van der Waals surface area contributed by atoms with Gasteiger partial charge < -0.3 is 10.1 Å². The third-order valence-electron chi connectivity index (χ3n) is 3.72. The molecule has 0 radical (unpaired) electrons. The van der Waals surface area contributed by atoms with Gasteiger partial charge in [-0.1, -0.05) is 26.2 Å². The largest absolute Gasteiger partial charge is 0.480 e. The van der Waals surface area contributed by atoms with Crippen molar-refractivity contribution in [1.29, 1.82) is 0 Å². The first-order valence-corrected chi connectivity index (χ1v) is 8.60. The van der Waals surface area contributed by atoms with Gasteiger partial charge in [0.05, 0.1) is 13.2 Å². The van der Waals surface area contributed by atoms with Gasteiger partial charge in [0.1, 0.15) is 5.69 Å². The van der Waals surface area contributed by atoms with E-state index in [0.717, 1.165) is 23.2 Å². The van der Waals surface area contributed by atoms with Crippen LogP contribution < -0.4 is 10.1 Å². The molecular formula is C15H25N3OS. The highest BCUT2D eigenvalue weighted by molar-refractivity contribution is 7.99. The van der Waals surface area contributed by atoms with E-state index >= 15 is 0 Å². The van der Waals surface area contributed by atoms with Gasteiger partial charge in [-0.2, -0.15) is 11.8 Å². The Kier molecular flexibility index (Phi) is 6.60. The fourth-order valence-corrected chi connectivity index (χ4v) is 4.08. The molecule has 1 atom stereocenters. The number of nitrogens with zero attached hydrogens (tertiary/aromatic N) is 2. The van der Waals surface area contributed by atoms with E-state index in [2.05, 4.69) is 34.0 Å². The molecule has 1 aromatic rings. The van der Waals surface area contributed by atoms with Crippen molar-refractivity contribution in [3.05, 3.63) is 18.1 Å². The first-order valence-electron chi connectivity index (χ1n) is 7.55. The van der Waals surface area contributed by atoms with Crippen molar-refractivity contribution in [2.24, 2.45) is 0 Å². The van der Waals surface area contributed by atoms with Gasteiger partial charge in [-0.25, -0.2) is 4.98 Å². The number of hydrogen-bond acceptors (Lipinski definition) is 5. The van der Waals surface area contributed by atoms with Crippen LogP contribution in [0.3, 0.4) is 0 Å². The SMILES string of the molecule is CCNC(CSC1CCCCC1)c1nccnc1OC. The Morgan fingerprint density at radius 2 is 2.05 bits per heavy atom. The molecule has 1 aliphatic carbocycles. The molecule has 112 valence electrons. The van der Waals surface area contributed by atoms with E-state index in [-0.39, 0.29) is 6.04 Å². The van der Waals surface area contributed by atoms with Crippen molar-refractivity contribution < 1.29 is 4.74 Å². The van der Waals surface area contributed by atoms with Crippen molar-refractivity contribution in [3.8, 4) is 5.88 Å². The lowest BCUT2D eigenvalue weighted by Gasteiger charge is -2.24. The van der Waals surface area contributed by atoms with Gasteiger partial charge in [0, 0.05) is 23.4 Å². The number of hydrogen-bond donors (Lipinski definition) is 1. The van der Waals surface area contributed by atoms with E-state index < -0.39 is 0 Å². The summed E-state index contributed by atoms with van der Waals surface area (Å²) in [5.41, 5.74) is 0.931. The molecule has 0 aromatic carbocycles. The predicted molar refractivity (Wildman–Crippen MR) is 84.3 cm³/mol. The summed E-state index contributed by atoms with van der Waals surface area (Å²) in [5, 5.41) is 4.32. The summed E-state index contributed by atoms with van der Waals surface area (Å²) in [6, 6.07) is 0.218. The van der Waals surface area contributed by atoms with Gasteiger partial charge in [-0.05, 0) is 19.4 Å². The minimum atomic E-state index is 0.218. The quantitative estimate of drug-likeness (QED) is 0.837. The third-order valence-corrected chi connectivity index (χ3v) is 5.18. The Hall–Kier alpha value is -0.810. The molecule has 20 heavy (non-hydrogen) atoms. The lowest BCUT2D eigenvalue weighted by molar-refractivity contribution is 0.381. The Morgan fingerprint density at radius 3 is 2.75 bits per heavy atom. The number of thioether (sulfide) groups is 1. The van der Waals surface area contributed by atoms with Crippen LogP contribution >= 0.6 is 11.8 Å². The van der Waals surface area contributed by atoms with Gasteiger partial charge in [-0.15, -0.1) is 0 Å². The standard InChI is InChI=1S/C15H25N3OS/c1-3-16-13(11-20-12-7-5-4-6-8-12)14-15(19-2)18-10-9-17-14/h9-10,12-13,16H,3-8,11H2,1-2H3. The molecule has 0 bridgehead atoms. The number of aromatic nitrogens is 2. The monoisotopic (exact) mass is 295 g/mol. The van der Waals surface area contributed by atoms with Crippen molar-refractivity contribution in [2.75, 3.05) is 19.4 Å². The summed E-state index contributed by atoms with van der Waals surface area (Å²) in [7, 11) is 1.66. The Labute approximate surface area is 126 Å². The molecule has 1 fully saturated rings. The van der Waals surface area contributed by atoms with Crippen molar-refractivity contribution >= 4 is 11.8 Å². The average Bonchev–Trinajstić information content (AvgIpc) is 2.52. The molecule has 1 saturated carbocycles. The van der Waals surface area contributed by atoms with Crippen molar-refractivity contribution in [3.63, 3.8) is 0 Å². The topological polar surface area (TPSA) is 47.0 Å². The van der Waals surface area contributed by atoms with Gasteiger partial charge in [-0.3, -0.25) is 4.98 Å². The van der Waals surface area contributed by atoms with Crippen LogP contribution in [0.25, 0.3) is 0 Å². The summed E-state index contributed by atoms with van der Waals surface area (Å²) in [4.78, 5) is 8.73. The fraction of sp³-hybridized carbons (Fsp3) is 0.733. The smallest absolute Gasteiger partial charge is 0.237 e. The van der Waals surface area contributed by atoms with E-state index in [4.69, 9.17) is 4.74 Å². The van der Waals surface area contributed by atoms with Gasteiger partial charge >= 0.3 is 0 Å². The molecule has 1 N–H and O–H groups in total. The molecule has 1 aliphatic rings. The van der Waals surface area contributed by atoms with E-state index in [1.165, 1.54) is 32.1 Å². The number of ether oxygens (including phenoxy) is 1. The van der Waals surface area contributed by atoms with E-state index in [1.807, 2.05) is 0 Å². The maximum absolute atomic E-state index is 5.34. The normalized spacial score (nSPS) is 17.9. The highest BCUT2D eigenvalue weighted by Gasteiger charge is 2.21. The highest BCUT2D eigenvalue weighted by atomic mass is 32.2. The maximum Gasteiger partial charge on any atom is 0.237 e. The number of methoxy groups -OCH3 is 1. The number of rotatable bonds is 7. The summed E-state index contributed by atoms with van der Waals surface area (Å²) in [6.07, 6.45) is 10.3. The van der Waals surface area contributed by atoms with Crippen LogP contribution in [-0.4, -0.2) is 34.6 Å². The molecule has 0 amide bonds. The Balaban J connectivity index is 1.98. The lowest BCUT2D eigenvalue weighted by Crippen LogP contribution is -2.26. The van der Waals surface area contributed by atoms with Crippen LogP contribution in [0.5, 0.6) is 5.88 Å². The second-order valence-electron chi connectivity index (χ2n) is 5.15. The lowest BCUT2D eigenvalue weighted by atomic mass is 10.0. The van der Waals surface area contributed by atoms with Crippen LogP contribution in [0, 0.1) is 0 Å². The zero-order chi connectivity index (χ0) is 14.2. The predicted octanol–water partition coefficient (Wildman–Crippen LogP) is 3.20. The second kappa shape index (κ2) is 8.47. The first kappa shape index (κ1) is 15.6. The van der Waals surface area contributed by atoms with Crippen LogP contribution in [0.15, 0.2) is 12.4 Å². The molecule has 0 aliphatic heterocycles. The van der Waals surface area contributed by atoms with E-state index in [9.17, 15) is 0 Å². The Bertz CT molecular complexity index is 396. The van der Waals surface area contributed by atoms with Crippen LogP contribution in [-0.2, 0) is 0 Å². The second-order valence-corrected chi connectivity index (χ2v) is 6.49. The molecule has 4 nitrogen and oxygen atoms in total. The zero-order valence-corrected chi connectivity index (χ0v) is 13.3. The zero-order valence-electron chi connectivity index (χ0n) is 12.5. The number of nitrogens with one attached hydrogen (secondary N) is 1. The molecule has 0 spiro atoms. The minimum Gasteiger partial charge on any atom is -0.480 e. The molecule has 1 unspecified atom stereocenters. The average molecular weight is 295 g/mol.